The van der Waals surface area contributed by atoms with Crippen LogP contribution >= 0.6 is 11.3 Å². The summed E-state index contributed by atoms with van der Waals surface area (Å²) in [5, 5.41) is 0. The van der Waals surface area contributed by atoms with Crippen LogP contribution in [0.1, 0.15) is 18.5 Å². The third kappa shape index (κ3) is 2.11. The Hall–Kier alpha value is -1.46. The van der Waals surface area contributed by atoms with Crippen molar-refractivity contribution in [2.75, 3.05) is 19.6 Å². The van der Waals surface area contributed by atoms with Gasteiger partial charge in [0.1, 0.15) is 5.84 Å². The first-order valence-electron chi connectivity index (χ1n) is 6.10. The number of benzene rings is 1. The van der Waals surface area contributed by atoms with E-state index in [4.69, 9.17) is 5.73 Å². The first-order valence-corrected chi connectivity index (χ1v) is 6.98. The van der Waals surface area contributed by atoms with E-state index in [0.29, 0.717) is 6.04 Å². The molecule has 0 radical (unpaired) electrons. The number of hydrogen-bond donors (Lipinski definition) is 1. The van der Waals surface area contributed by atoms with E-state index < -0.39 is 0 Å². The van der Waals surface area contributed by atoms with E-state index in [1.807, 2.05) is 5.51 Å². The van der Waals surface area contributed by atoms with Crippen molar-refractivity contribution in [3.63, 3.8) is 0 Å². The van der Waals surface area contributed by atoms with Crippen LogP contribution in [0.3, 0.4) is 0 Å². The van der Waals surface area contributed by atoms with E-state index in [9.17, 15) is 0 Å². The minimum Gasteiger partial charge on any atom is -0.386 e. The summed E-state index contributed by atoms with van der Waals surface area (Å²) in [5.74, 6) is 0.739. The Labute approximate surface area is 110 Å². The molecule has 5 heteroatoms. The molecule has 0 saturated heterocycles. The van der Waals surface area contributed by atoms with Crippen molar-refractivity contribution in [2.24, 2.45) is 10.7 Å². The van der Waals surface area contributed by atoms with Gasteiger partial charge in [0.2, 0.25) is 0 Å². The van der Waals surface area contributed by atoms with Crippen molar-refractivity contribution in [1.82, 2.24) is 9.88 Å². The normalized spacial score (nSPS) is 18.8. The van der Waals surface area contributed by atoms with Crippen LogP contribution in [0, 0.1) is 0 Å². The highest BCUT2D eigenvalue weighted by Gasteiger charge is 2.19. The quantitative estimate of drug-likeness (QED) is 0.899. The highest BCUT2D eigenvalue weighted by molar-refractivity contribution is 7.16. The fourth-order valence-corrected chi connectivity index (χ4v) is 2.99. The Bertz CT molecular complexity index is 589. The van der Waals surface area contributed by atoms with Crippen molar-refractivity contribution in [1.29, 1.82) is 0 Å². The van der Waals surface area contributed by atoms with Crippen LogP contribution in [-0.2, 0) is 0 Å². The summed E-state index contributed by atoms with van der Waals surface area (Å²) in [6.07, 6.45) is 0. The standard InChI is InChI=1S/C13H16N4S/c1-9(17-5-4-15-13(14)7-17)10-2-3-12-11(6-10)16-8-18-12/h2-3,6,8-9H,4-5,7H2,1H3,(H2,14,15). The molecule has 2 N–H and O–H groups in total. The van der Waals surface area contributed by atoms with E-state index in [-0.39, 0.29) is 0 Å². The summed E-state index contributed by atoms with van der Waals surface area (Å²) in [6.45, 7) is 4.74. The number of fused-ring (bicyclic) bond motifs is 1. The Morgan fingerprint density at radius 1 is 1.44 bits per heavy atom. The molecule has 1 unspecified atom stereocenters. The third-order valence-electron chi connectivity index (χ3n) is 3.45. The first kappa shape index (κ1) is 11.6. The zero-order chi connectivity index (χ0) is 12.5. The molecule has 1 aliphatic rings. The molecule has 0 aliphatic carbocycles. The molecule has 4 nitrogen and oxygen atoms in total. The van der Waals surface area contributed by atoms with Crippen molar-refractivity contribution >= 4 is 27.4 Å². The summed E-state index contributed by atoms with van der Waals surface area (Å²) < 4.78 is 1.24. The van der Waals surface area contributed by atoms with E-state index in [2.05, 4.69) is 40.0 Å². The van der Waals surface area contributed by atoms with Gasteiger partial charge in [-0.1, -0.05) is 6.07 Å². The van der Waals surface area contributed by atoms with Gasteiger partial charge in [-0.3, -0.25) is 9.89 Å². The number of amidine groups is 1. The first-order chi connectivity index (χ1) is 8.74. The second-order valence-electron chi connectivity index (χ2n) is 4.60. The Balaban J connectivity index is 1.86. The second-order valence-corrected chi connectivity index (χ2v) is 5.49. The van der Waals surface area contributed by atoms with Gasteiger partial charge in [0.05, 0.1) is 28.8 Å². The maximum atomic E-state index is 5.81. The topological polar surface area (TPSA) is 54.5 Å². The van der Waals surface area contributed by atoms with Gasteiger partial charge in [0, 0.05) is 12.6 Å². The lowest BCUT2D eigenvalue weighted by Crippen LogP contribution is -2.41. The largest absolute Gasteiger partial charge is 0.386 e. The number of thiazole rings is 1. The van der Waals surface area contributed by atoms with Crippen LogP contribution in [0.25, 0.3) is 10.2 Å². The van der Waals surface area contributed by atoms with Gasteiger partial charge in [-0.2, -0.15) is 0 Å². The van der Waals surface area contributed by atoms with Gasteiger partial charge in [0.15, 0.2) is 0 Å². The lowest BCUT2D eigenvalue weighted by molar-refractivity contribution is 0.240. The third-order valence-corrected chi connectivity index (χ3v) is 4.26. The average molecular weight is 260 g/mol. The molecule has 94 valence electrons. The Kier molecular flexibility index (Phi) is 3.01. The average Bonchev–Trinajstić information content (AvgIpc) is 2.85. The van der Waals surface area contributed by atoms with Gasteiger partial charge < -0.3 is 5.73 Å². The van der Waals surface area contributed by atoms with Crippen molar-refractivity contribution < 1.29 is 0 Å². The maximum Gasteiger partial charge on any atom is 0.108 e. The molecule has 0 spiro atoms. The fraction of sp³-hybridized carbons (Fsp3) is 0.385. The Morgan fingerprint density at radius 3 is 3.17 bits per heavy atom. The highest BCUT2D eigenvalue weighted by Crippen LogP contribution is 2.26. The smallest absolute Gasteiger partial charge is 0.108 e. The van der Waals surface area contributed by atoms with E-state index in [1.165, 1.54) is 10.3 Å². The van der Waals surface area contributed by atoms with E-state index in [0.717, 1.165) is 31.0 Å². The molecule has 1 atom stereocenters. The zero-order valence-electron chi connectivity index (χ0n) is 10.3. The van der Waals surface area contributed by atoms with E-state index in [1.54, 1.807) is 11.3 Å². The monoisotopic (exact) mass is 260 g/mol. The van der Waals surface area contributed by atoms with Gasteiger partial charge in [-0.15, -0.1) is 11.3 Å². The molecule has 0 saturated carbocycles. The van der Waals surface area contributed by atoms with Crippen molar-refractivity contribution in [2.45, 2.75) is 13.0 Å². The predicted octanol–water partition coefficient (Wildman–Crippen LogP) is 2.03. The SMILES string of the molecule is CC(c1ccc2scnc2c1)N1CCN=C(N)C1. The molecule has 2 aromatic rings. The van der Waals surface area contributed by atoms with Crippen LogP contribution in [-0.4, -0.2) is 35.4 Å². The summed E-state index contributed by atoms with van der Waals surface area (Å²) >= 11 is 1.68. The number of hydrogen-bond acceptors (Lipinski definition) is 5. The molecule has 18 heavy (non-hydrogen) atoms. The van der Waals surface area contributed by atoms with Crippen LogP contribution in [0.2, 0.25) is 0 Å². The molecule has 1 aliphatic heterocycles. The molecular formula is C13H16N4S. The Morgan fingerprint density at radius 2 is 2.33 bits per heavy atom. The van der Waals surface area contributed by atoms with Crippen molar-refractivity contribution in [3.05, 3.63) is 29.3 Å². The summed E-state index contributed by atoms with van der Waals surface area (Å²) in [4.78, 5) is 11.0. The highest BCUT2D eigenvalue weighted by atomic mass is 32.1. The molecular weight excluding hydrogens is 244 g/mol. The second kappa shape index (κ2) is 4.66. The van der Waals surface area contributed by atoms with Gasteiger partial charge in [0.25, 0.3) is 0 Å². The molecule has 2 heterocycles. The number of aromatic nitrogens is 1. The number of nitrogens with two attached hydrogens (primary N) is 1. The summed E-state index contributed by atoms with van der Waals surface area (Å²) in [5.41, 5.74) is 10.1. The van der Waals surface area contributed by atoms with Gasteiger partial charge >= 0.3 is 0 Å². The van der Waals surface area contributed by atoms with Gasteiger partial charge in [-0.25, -0.2) is 4.98 Å². The lowest BCUT2D eigenvalue weighted by atomic mass is 10.1. The number of nitrogens with zero attached hydrogens (tertiary/aromatic N) is 3. The minimum absolute atomic E-state index is 0.352. The van der Waals surface area contributed by atoms with Crippen LogP contribution in [0.15, 0.2) is 28.7 Å². The van der Waals surface area contributed by atoms with Crippen LogP contribution in [0.4, 0.5) is 0 Å². The van der Waals surface area contributed by atoms with Gasteiger partial charge in [-0.05, 0) is 24.6 Å². The predicted molar refractivity (Wildman–Crippen MR) is 76.1 cm³/mol. The fourth-order valence-electron chi connectivity index (χ4n) is 2.34. The molecule has 3 rings (SSSR count). The maximum absolute atomic E-state index is 5.81. The van der Waals surface area contributed by atoms with Crippen LogP contribution < -0.4 is 5.73 Å². The van der Waals surface area contributed by atoms with Crippen LogP contribution in [0.5, 0.6) is 0 Å². The lowest BCUT2D eigenvalue weighted by Gasteiger charge is -2.31. The number of rotatable bonds is 2. The molecule has 0 amide bonds. The van der Waals surface area contributed by atoms with E-state index >= 15 is 0 Å². The minimum atomic E-state index is 0.352. The number of aliphatic imine (C=N–C) groups is 1. The van der Waals surface area contributed by atoms with Crippen molar-refractivity contribution in [3.8, 4) is 0 Å². The zero-order valence-corrected chi connectivity index (χ0v) is 11.2. The summed E-state index contributed by atoms with van der Waals surface area (Å²) in [7, 11) is 0. The molecule has 0 bridgehead atoms. The molecule has 0 fully saturated rings. The molecule has 1 aromatic carbocycles. The summed E-state index contributed by atoms with van der Waals surface area (Å²) in [6, 6.07) is 6.87. The molecule has 1 aromatic heterocycles.